The molecule has 0 atom stereocenters. The predicted octanol–water partition coefficient (Wildman–Crippen LogP) is 1.29. The van der Waals surface area contributed by atoms with Gasteiger partial charge in [-0.2, -0.15) is 0 Å². The Kier molecular flexibility index (Phi) is 7.33. The van der Waals surface area contributed by atoms with Crippen LogP contribution >= 0.6 is 0 Å². The highest BCUT2D eigenvalue weighted by atomic mass is 19.1. The number of amides is 1. The van der Waals surface area contributed by atoms with Crippen LogP contribution in [-0.2, 0) is 4.74 Å². The van der Waals surface area contributed by atoms with Crippen molar-refractivity contribution in [3.8, 4) is 11.8 Å². The molecule has 0 aliphatic carbocycles. The number of unbranched alkanes of at least 4 members (excludes halogenated alkanes) is 1. The van der Waals surface area contributed by atoms with Gasteiger partial charge in [-0.3, -0.25) is 4.79 Å². The van der Waals surface area contributed by atoms with Gasteiger partial charge in [0.05, 0.1) is 12.1 Å². The highest BCUT2D eigenvalue weighted by Crippen LogP contribution is 2.10. The number of nitrogens with two attached hydrogens (primary N) is 1. The number of nitrogens with one attached hydrogen (secondary N) is 1. The molecule has 0 unspecified atom stereocenters. The van der Waals surface area contributed by atoms with E-state index in [1.54, 1.807) is 7.11 Å². The molecule has 0 aliphatic heterocycles. The number of ether oxygens (including phenoxy) is 1. The van der Waals surface area contributed by atoms with Gasteiger partial charge in [0.1, 0.15) is 5.82 Å². The van der Waals surface area contributed by atoms with E-state index in [-0.39, 0.29) is 12.5 Å². The lowest BCUT2D eigenvalue weighted by molar-refractivity contribution is 0.0951. The Hall–Kier alpha value is -1.90. The molecule has 0 bridgehead atoms. The van der Waals surface area contributed by atoms with Gasteiger partial charge in [0, 0.05) is 25.8 Å². The molecule has 3 N–H and O–H groups in total. The van der Waals surface area contributed by atoms with E-state index in [1.165, 1.54) is 18.2 Å². The minimum atomic E-state index is -0.428. The summed E-state index contributed by atoms with van der Waals surface area (Å²) in [6.07, 6.45) is 1.70. The van der Waals surface area contributed by atoms with E-state index in [0.717, 1.165) is 12.8 Å². The number of hydrogen-bond donors (Lipinski definition) is 2. The third-order valence-electron chi connectivity index (χ3n) is 2.61. The Bertz CT molecular complexity index is 506. The smallest absolute Gasteiger partial charge is 0.252 e. The maximum Gasteiger partial charge on any atom is 0.252 e. The van der Waals surface area contributed by atoms with Crippen LogP contribution in [-0.4, -0.2) is 32.7 Å². The summed E-state index contributed by atoms with van der Waals surface area (Å²) in [5.74, 6) is 4.65. The summed E-state index contributed by atoms with van der Waals surface area (Å²) < 4.78 is 18.1. The fourth-order valence-electron chi connectivity index (χ4n) is 1.63. The lowest BCUT2D eigenvalue weighted by atomic mass is 10.1. The molecule has 5 heteroatoms. The van der Waals surface area contributed by atoms with Crippen molar-refractivity contribution in [2.75, 3.05) is 26.8 Å². The molecule has 1 rings (SSSR count). The van der Waals surface area contributed by atoms with Gasteiger partial charge in [-0.05, 0) is 31.0 Å². The van der Waals surface area contributed by atoms with E-state index in [1.807, 2.05) is 0 Å². The second-order valence-electron chi connectivity index (χ2n) is 4.15. The molecular formula is C15H19FN2O2. The average Bonchev–Trinajstić information content (AvgIpc) is 2.44. The second-order valence-corrected chi connectivity index (χ2v) is 4.15. The SMILES string of the molecule is COCCCCNC(=O)c1ccc(F)cc1C#CCN. The fraction of sp³-hybridized carbons (Fsp3) is 0.400. The van der Waals surface area contributed by atoms with E-state index in [2.05, 4.69) is 17.2 Å². The van der Waals surface area contributed by atoms with Crippen LogP contribution in [0.1, 0.15) is 28.8 Å². The lowest BCUT2D eigenvalue weighted by Gasteiger charge is -2.07. The summed E-state index contributed by atoms with van der Waals surface area (Å²) in [7, 11) is 1.64. The van der Waals surface area contributed by atoms with Gasteiger partial charge in [-0.1, -0.05) is 11.8 Å². The van der Waals surface area contributed by atoms with Crippen LogP contribution in [0.25, 0.3) is 0 Å². The summed E-state index contributed by atoms with van der Waals surface area (Å²) in [4.78, 5) is 12.0. The van der Waals surface area contributed by atoms with Crippen molar-refractivity contribution in [3.63, 3.8) is 0 Å². The first-order valence-corrected chi connectivity index (χ1v) is 6.44. The number of carbonyl (C=O) groups excluding carboxylic acids is 1. The first-order chi connectivity index (χ1) is 9.69. The van der Waals surface area contributed by atoms with Crippen LogP contribution in [0.4, 0.5) is 4.39 Å². The molecule has 108 valence electrons. The minimum Gasteiger partial charge on any atom is -0.385 e. The van der Waals surface area contributed by atoms with Crippen LogP contribution in [0.2, 0.25) is 0 Å². The molecule has 0 spiro atoms. The number of carbonyl (C=O) groups is 1. The summed E-state index contributed by atoms with van der Waals surface area (Å²) >= 11 is 0. The first-order valence-electron chi connectivity index (χ1n) is 6.44. The van der Waals surface area contributed by atoms with E-state index in [0.29, 0.717) is 24.3 Å². The van der Waals surface area contributed by atoms with Gasteiger partial charge >= 0.3 is 0 Å². The molecule has 1 aromatic carbocycles. The molecule has 0 aliphatic rings. The highest BCUT2D eigenvalue weighted by molar-refractivity contribution is 5.96. The standard InChI is InChI=1S/C15H19FN2O2/c1-20-10-3-2-9-18-15(19)14-7-6-13(16)11-12(14)5-4-8-17/h6-7,11H,2-3,8-10,17H2,1H3,(H,18,19). The summed E-state index contributed by atoms with van der Waals surface area (Å²) in [6.45, 7) is 1.37. The Labute approximate surface area is 118 Å². The van der Waals surface area contributed by atoms with Crippen molar-refractivity contribution in [3.05, 3.63) is 35.1 Å². The Morgan fingerprint density at radius 3 is 2.95 bits per heavy atom. The molecule has 0 aromatic heterocycles. The largest absolute Gasteiger partial charge is 0.385 e. The van der Waals surface area contributed by atoms with Crippen LogP contribution in [0.3, 0.4) is 0 Å². The summed E-state index contributed by atoms with van der Waals surface area (Å²) in [5, 5.41) is 2.78. The Morgan fingerprint density at radius 1 is 1.45 bits per heavy atom. The van der Waals surface area contributed by atoms with Gasteiger partial charge in [0.15, 0.2) is 0 Å². The lowest BCUT2D eigenvalue weighted by Crippen LogP contribution is -2.25. The number of rotatable bonds is 6. The predicted molar refractivity (Wildman–Crippen MR) is 75.8 cm³/mol. The van der Waals surface area contributed by atoms with Gasteiger partial charge < -0.3 is 15.8 Å². The molecule has 20 heavy (non-hydrogen) atoms. The minimum absolute atomic E-state index is 0.161. The van der Waals surface area contributed by atoms with Crippen molar-refractivity contribution in [2.24, 2.45) is 5.73 Å². The van der Waals surface area contributed by atoms with Crippen LogP contribution < -0.4 is 11.1 Å². The molecule has 0 saturated carbocycles. The summed E-state index contributed by atoms with van der Waals surface area (Å²) in [5.41, 5.74) is 6.00. The zero-order valence-electron chi connectivity index (χ0n) is 11.5. The van der Waals surface area contributed by atoms with Gasteiger partial charge in [0.25, 0.3) is 5.91 Å². The average molecular weight is 278 g/mol. The van der Waals surface area contributed by atoms with Crippen molar-refractivity contribution < 1.29 is 13.9 Å². The molecule has 0 radical (unpaired) electrons. The van der Waals surface area contributed by atoms with Gasteiger partial charge in [0.2, 0.25) is 0 Å². The van der Waals surface area contributed by atoms with Crippen LogP contribution in [0.5, 0.6) is 0 Å². The zero-order chi connectivity index (χ0) is 14.8. The monoisotopic (exact) mass is 278 g/mol. The quantitative estimate of drug-likeness (QED) is 0.609. The molecule has 4 nitrogen and oxygen atoms in total. The molecule has 0 saturated heterocycles. The van der Waals surface area contributed by atoms with Gasteiger partial charge in [-0.25, -0.2) is 4.39 Å². The van der Waals surface area contributed by atoms with Crippen molar-refractivity contribution in [1.29, 1.82) is 0 Å². The topological polar surface area (TPSA) is 64.3 Å². The van der Waals surface area contributed by atoms with Crippen molar-refractivity contribution >= 4 is 5.91 Å². The zero-order valence-corrected chi connectivity index (χ0v) is 11.5. The normalized spacial score (nSPS) is 9.75. The maximum atomic E-state index is 13.2. The van der Waals surface area contributed by atoms with Crippen molar-refractivity contribution in [2.45, 2.75) is 12.8 Å². The van der Waals surface area contributed by atoms with E-state index >= 15 is 0 Å². The summed E-state index contributed by atoms with van der Waals surface area (Å²) in [6, 6.07) is 3.91. The van der Waals surface area contributed by atoms with E-state index in [9.17, 15) is 9.18 Å². The fourth-order valence-corrected chi connectivity index (χ4v) is 1.63. The maximum absolute atomic E-state index is 13.2. The number of methoxy groups -OCH3 is 1. The van der Waals surface area contributed by atoms with Crippen molar-refractivity contribution in [1.82, 2.24) is 5.32 Å². The first kappa shape index (κ1) is 16.2. The molecule has 1 amide bonds. The molecule has 0 fully saturated rings. The number of benzene rings is 1. The molecule has 0 heterocycles. The number of halogens is 1. The number of hydrogen-bond acceptors (Lipinski definition) is 3. The Balaban J connectivity index is 2.67. The third-order valence-corrected chi connectivity index (χ3v) is 2.61. The van der Waals surface area contributed by atoms with E-state index in [4.69, 9.17) is 10.5 Å². The molecule has 1 aromatic rings. The molecular weight excluding hydrogens is 259 g/mol. The van der Waals surface area contributed by atoms with E-state index < -0.39 is 5.82 Å². The van der Waals surface area contributed by atoms with Crippen LogP contribution in [0.15, 0.2) is 18.2 Å². The highest BCUT2D eigenvalue weighted by Gasteiger charge is 2.10. The third kappa shape index (κ3) is 5.39. The Morgan fingerprint density at radius 2 is 2.25 bits per heavy atom. The second kappa shape index (κ2) is 9.08. The van der Waals surface area contributed by atoms with Gasteiger partial charge in [-0.15, -0.1) is 0 Å². The van der Waals surface area contributed by atoms with Crippen LogP contribution in [0, 0.1) is 17.7 Å².